The van der Waals surface area contributed by atoms with Gasteiger partial charge in [-0.25, -0.2) is 0 Å². The molecule has 3 aliphatic rings. The van der Waals surface area contributed by atoms with E-state index in [1.165, 1.54) is 19.3 Å². The lowest BCUT2D eigenvalue weighted by molar-refractivity contribution is -0.142. The minimum atomic E-state index is -0.266. The third-order valence-electron chi connectivity index (χ3n) is 4.99. The summed E-state index contributed by atoms with van der Waals surface area (Å²) in [7, 11) is 0. The van der Waals surface area contributed by atoms with Gasteiger partial charge in [0.1, 0.15) is 0 Å². The Bertz CT molecular complexity index is 386. The molecule has 0 aromatic heterocycles. The van der Waals surface area contributed by atoms with Crippen LogP contribution in [0.4, 0.5) is 0 Å². The number of hydrogen-bond donors (Lipinski definition) is 1. The van der Waals surface area contributed by atoms with E-state index in [9.17, 15) is 9.59 Å². The smallest absolute Gasteiger partial charge is 0.247 e. The fourth-order valence-corrected chi connectivity index (χ4v) is 3.77. The molecule has 2 unspecified atom stereocenters. The second-order valence-electron chi connectivity index (χ2n) is 6.90. The maximum absolute atomic E-state index is 12.5. The van der Waals surface area contributed by atoms with Crippen LogP contribution < -0.4 is 5.32 Å². The first-order valence-corrected chi connectivity index (χ1v) is 8.27. The first-order valence-electron chi connectivity index (χ1n) is 8.27. The van der Waals surface area contributed by atoms with Crippen LogP contribution in [0.2, 0.25) is 0 Å². The molecule has 112 valence electrons. The molecule has 1 N–H and O–H groups in total. The molecule has 0 spiro atoms. The number of rotatable bonds is 5. The van der Waals surface area contributed by atoms with Crippen LogP contribution in [0.5, 0.6) is 0 Å². The largest absolute Gasteiger partial charge is 0.303 e. The first-order chi connectivity index (χ1) is 9.65. The minimum absolute atomic E-state index is 0.0320. The second-order valence-corrected chi connectivity index (χ2v) is 6.90. The molecule has 2 amide bonds. The highest BCUT2D eigenvalue weighted by molar-refractivity contribution is 6.05. The van der Waals surface area contributed by atoms with Gasteiger partial charge in [0, 0.05) is 12.1 Å². The predicted octanol–water partition coefficient (Wildman–Crippen LogP) is 2.22. The number of nitrogens with zero attached hydrogens (tertiary/aromatic N) is 1. The zero-order valence-corrected chi connectivity index (χ0v) is 12.4. The fourth-order valence-electron chi connectivity index (χ4n) is 3.77. The summed E-state index contributed by atoms with van der Waals surface area (Å²) in [6, 6.07) is 0.253. The summed E-state index contributed by atoms with van der Waals surface area (Å²) in [4.78, 5) is 26.3. The molecule has 2 saturated carbocycles. The Morgan fingerprint density at radius 2 is 1.85 bits per heavy atom. The van der Waals surface area contributed by atoms with Crippen LogP contribution in [0, 0.1) is 5.92 Å². The molecule has 1 heterocycles. The van der Waals surface area contributed by atoms with E-state index in [-0.39, 0.29) is 23.9 Å². The average molecular weight is 278 g/mol. The third kappa shape index (κ3) is 3.05. The van der Waals surface area contributed by atoms with Crippen molar-refractivity contribution in [2.45, 2.75) is 82.8 Å². The van der Waals surface area contributed by atoms with Crippen molar-refractivity contribution in [3.05, 3.63) is 0 Å². The summed E-state index contributed by atoms with van der Waals surface area (Å²) in [5.74, 6) is 0.918. The zero-order chi connectivity index (χ0) is 14.1. The summed E-state index contributed by atoms with van der Waals surface area (Å²) in [6.07, 6.45) is 9.72. The zero-order valence-electron chi connectivity index (χ0n) is 12.4. The Balaban J connectivity index is 1.57. The molecule has 4 heteroatoms. The van der Waals surface area contributed by atoms with Crippen molar-refractivity contribution in [1.29, 1.82) is 0 Å². The summed E-state index contributed by atoms with van der Waals surface area (Å²) in [6.45, 7) is 2.14. The van der Waals surface area contributed by atoms with Crippen LogP contribution in [-0.4, -0.2) is 34.8 Å². The van der Waals surface area contributed by atoms with Crippen molar-refractivity contribution in [3.63, 3.8) is 0 Å². The molecule has 20 heavy (non-hydrogen) atoms. The quantitative estimate of drug-likeness (QED) is 0.785. The van der Waals surface area contributed by atoms with Crippen molar-refractivity contribution < 1.29 is 9.59 Å². The van der Waals surface area contributed by atoms with Crippen molar-refractivity contribution in [3.8, 4) is 0 Å². The number of amides is 2. The maximum atomic E-state index is 12.5. The highest BCUT2D eigenvalue weighted by Crippen LogP contribution is 2.34. The fraction of sp³-hybridized carbons (Fsp3) is 0.875. The molecule has 3 rings (SSSR count). The molecule has 0 aromatic carbocycles. The van der Waals surface area contributed by atoms with Crippen LogP contribution in [0.25, 0.3) is 0 Å². The second kappa shape index (κ2) is 5.84. The van der Waals surface area contributed by atoms with Crippen LogP contribution in [0.1, 0.15) is 64.7 Å². The number of likely N-dealkylation sites (tertiary alicyclic amines) is 1. The van der Waals surface area contributed by atoms with E-state index in [2.05, 4.69) is 12.2 Å². The van der Waals surface area contributed by atoms with Gasteiger partial charge >= 0.3 is 0 Å². The minimum Gasteiger partial charge on any atom is -0.303 e. The van der Waals surface area contributed by atoms with Gasteiger partial charge in [0.25, 0.3) is 0 Å². The van der Waals surface area contributed by atoms with Gasteiger partial charge < -0.3 is 5.32 Å². The number of carbonyl (C=O) groups excluding carboxylic acids is 2. The Hall–Kier alpha value is -0.900. The molecule has 1 aliphatic heterocycles. The van der Waals surface area contributed by atoms with Gasteiger partial charge in [-0.3, -0.25) is 14.5 Å². The SMILES string of the molecule is CC(CC1CC1)NC1CC(=O)N(C2CCCCC2)C1=O. The number of carbonyl (C=O) groups is 2. The van der Waals surface area contributed by atoms with Crippen molar-refractivity contribution in [1.82, 2.24) is 10.2 Å². The third-order valence-corrected chi connectivity index (χ3v) is 4.99. The summed E-state index contributed by atoms with van der Waals surface area (Å²) in [5, 5.41) is 3.39. The first kappa shape index (κ1) is 14.1. The highest BCUT2D eigenvalue weighted by atomic mass is 16.2. The van der Waals surface area contributed by atoms with Gasteiger partial charge in [-0.1, -0.05) is 32.1 Å². The van der Waals surface area contributed by atoms with Gasteiger partial charge in [0.15, 0.2) is 0 Å². The van der Waals surface area contributed by atoms with Crippen molar-refractivity contribution in [2.75, 3.05) is 0 Å². The molecule has 0 aromatic rings. The molecular weight excluding hydrogens is 252 g/mol. The summed E-state index contributed by atoms with van der Waals surface area (Å²) < 4.78 is 0. The summed E-state index contributed by atoms with van der Waals surface area (Å²) in [5.41, 5.74) is 0. The van der Waals surface area contributed by atoms with E-state index in [1.807, 2.05) is 0 Å². The normalized spacial score (nSPS) is 30.1. The van der Waals surface area contributed by atoms with Gasteiger partial charge in [-0.2, -0.15) is 0 Å². The van der Waals surface area contributed by atoms with Gasteiger partial charge in [0.05, 0.1) is 12.5 Å². The molecular formula is C16H26N2O2. The van der Waals surface area contributed by atoms with E-state index < -0.39 is 0 Å². The van der Waals surface area contributed by atoms with Gasteiger partial charge in [-0.05, 0) is 32.1 Å². The molecule has 2 aliphatic carbocycles. The monoisotopic (exact) mass is 278 g/mol. The Morgan fingerprint density at radius 3 is 2.50 bits per heavy atom. The van der Waals surface area contributed by atoms with Crippen molar-refractivity contribution in [2.24, 2.45) is 5.92 Å². The van der Waals surface area contributed by atoms with Gasteiger partial charge in [0.2, 0.25) is 11.8 Å². The number of imide groups is 1. The number of hydrogen-bond acceptors (Lipinski definition) is 3. The number of nitrogens with one attached hydrogen (secondary N) is 1. The molecule has 2 atom stereocenters. The highest BCUT2D eigenvalue weighted by Gasteiger charge is 2.42. The lowest BCUT2D eigenvalue weighted by Crippen LogP contribution is -2.46. The van der Waals surface area contributed by atoms with E-state index in [0.717, 1.165) is 38.0 Å². The molecule has 3 fully saturated rings. The van der Waals surface area contributed by atoms with Gasteiger partial charge in [-0.15, -0.1) is 0 Å². The van der Waals surface area contributed by atoms with Crippen LogP contribution in [-0.2, 0) is 9.59 Å². The van der Waals surface area contributed by atoms with Crippen molar-refractivity contribution >= 4 is 11.8 Å². The van der Waals surface area contributed by atoms with Crippen LogP contribution in [0.15, 0.2) is 0 Å². The Kier molecular flexibility index (Phi) is 4.11. The summed E-state index contributed by atoms with van der Waals surface area (Å²) >= 11 is 0. The topological polar surface area (TPSA) is 49.4 Å². The molecule has 0 bridgehead atoms. The Morgan fingerprint density at radius 1 is 1.15 bits per heavy atom. The van der Waals surface area contributed by atoms with E-state index in [4.69, 9.17) is 0 Å². The van der Waals surface area contributed by atoms with Crippen LogP contribution in [0.3, 0.4) is 0 Å². The van der Waals surface area contributed by atoms with E-state index >= 15 is 0 Å². The average Bonchev–Trinajstić information content (AvgIpc) is 3.18. The predicted molar refractivity (Wildman–Crippen MR) is 77.1 cm³/mol. The molecule has 0 radical (unpaired) electrons. The lowest BCUT2D eigenvalue weighted by Gasteiger charge is -2.30. The van der Waals surface area contributed by atoms with E-state index in [1.54, 1.807) is 4.90 Å². The molecule has 1 saturated heterocycles. The maximum Gasteiger partial charge on any atom is 0.247 e. The Labute approximate surface area is 121 Å². The lowest BCUT2D eigenvalue weighted by atomic mass is 9.94. The van der Waals surface area contributed by atoms with E-state index in [0.29, 0.717) is 12.5 Å². The standard InChI is InChI=1S/C16H26N2O2/c1-11(9-12-7-8-12)17-14-10-15(19)18(16(14)20)13-5-3-2-4-6-13/h11-14,17H,2-10H2,1H3. The van der Waals surface area contributed by atoms with Crippen LogP contribution >= 0.6 is 0 Å². The molecule has 4 nitrogen and oxygen atoms in total.